The highest BCUT2D eigenvalue weighted by Gasteiger charge is 2.50. The molecule has 1 rings (SSSR count). The Hall–Kier alpha value is -0.120. The van der Waals surface area contributed by atoms with Crippen molar-refractivity contribution < 1.29 is 9.94 Å². The Morgan fingerprint density at radius 1 is 1.58 bits per heavy atom. The van der Waals surface area contributed by atoms with Crippen molar-refractivity contribution in [3.8, 4) is 0 Å². The maximum absolute atomic E-state index is 8.83. The van der Waals surface area contributed by atoms with Gasteiger partial charge < -0.3 is 9.94 Å². The van der Waals surface area contributed by atoms with Crippen molar-refractivity contribution in [1.29, 1.82) is 0 Å². The van der Waals surface area contributed by atoms with Crippen LogP contribution >= 0.6 is 0 Å². The Labute approximate surface area is 74.1 Å². The van der Waals surface area contributed by atoms with Crippen LogP contribution in [0.15, 0.2) is 0 Å². The molecule has 0 radical (unpaired) electrons. The number of rotatable bonds is 4. The van der Waals surface area contributed by atoms with Crippen molar-refractivity contribution in [1.82, 2.24) is 5.48 Å². The number of hydroxylamine groups is 1. The van der Waals surface area contributed by atoms with Crippen molar-refractivity contribution in [3.63, 3.8) is 0 Å². The zero-order chi connectivity index (χ0) is 9.19. The zero-order valence-corrected chi connectivity index (χ0v) is 8.13. The van der Waals surface area contributed by atoms with E-state index in [2.05, 4.69) is 19.3 Å². The summed E-state index contributed by atoms with van der Waals surface area (Å²) in [5.41, 5.74) is 2.47. The average Bonchev–Trinajstić information content (AvgIpc) is 2.10. The van der Waals surface area contributed by atoms with Gasteiger partial charge in [0.2, 0.25) is 0 Å². The van der Waals surface area contributed by atoms with Crippen LogP contribution in [0, 0.1) is 5.41 Å². The summed E-state index contributed by atoms with van der Waals surface area (Å²) in [6.07, 6.45) is 2.28. The summed E-state index contributed by atoms with van der Waals surface area (Å²) in [6.45, 7) is 7.06. The van der Waals surface area contributed by atoms with Crippen molar-refractivity contribution in [3.05, 3.63) is 0 Å². The molecule has 0 aromatic carbocycles. The smallest absolute Gasteiger partial charge is 0.0660 e. The molecule has 0 aromatic rings. The maximum atomic E-state index is 8.83. The number of hydrogen-bond acceptors (Lipinski definition) is 3. The number of ether oxygens (including phenoxy) is 1. The molecule has 12 heavy (non-hydrogen) atoms. The molecule has 1 fully saturated rings. The van der Waals surface area contributed by atoms with E-state index in [-0.39, 0.29) is 11.5 Å². The first-order valence-electron chi connectivity index (χ1n) is 4.70. The molecule has 0 aliphatic heterocycles. The Bertz CT molecular complexity index is 151. The zero-order valence-electron chi connectivity index (χ0n) is 8.13. The van der Waals surface area contributed by atoms with Crippen LogP contribution in [0.5, 0.6) is 0 Å². The monoisotopic (exact) mass is 173 g/mol. The summed E-state index contributed by atoms with van der Waals surface area (Å²) >= 11 is 0. The Morgan fingerprint density at radius 2 is 2.25 bits per heavy atom. The van der Waals surface area contributed by atoms with E-state index >= 15 is 0 Å². The lowest BCUT2D eigenvalue weighted by atomic mass is 9.62. The Morgan fingerprint density at radius 3 is 2.67 bits per heavy atom. The Balaban J connectivity index is 2.50. The van der Waals surface area contributed by atoms with Crippen LogP contribution in [-0.2, 0) is 4.74 Å². The van der Waals surface area contributed by atoms with Crippen LogP contribution in [0.1, 0.15) is 33.6 Å². The maximum Gasteiger partial charge on any atom is 0.0660 e. The molecular formula is C9H19NO2. The normalized spacial score (nSPS) is 41.0. The minimum atomic E-state index is 0.116. The van der Waals surface area contributed by atoms with Gasteiger partial charge in [0.05, 0.1) is 6.10 Å². The predicted octanol–water partition coefficient (Wildman–Crippen LogP) is 1.56. The fourth-order valence-electron chi connectivity index (χ4n) is 1.95. The molecule has 2 N–H and O–H groups in total. The molecule has 0 bridgehead atoms. The standard InChI is InChI=1S/C9H19NO2/c1-4-9(3)7(10-11)6-8(9)12-5-2/h7-8,10-11H,4-6H2,1-3H3. The Kier molecular flexibility index (Phi) is 3.09. The van der Waals surface area contributed by atoms with Gasteiger partial charge in [-0.05, 0) is 19.8 Å². The van der Waals surface area contributed by atoms with Gasteiger partial charge in [-0.25, -0.2) is 5.48 Å². The van der Waals surface area contributed by atoms with E-state index in [0.717, 1.165) is 19.4 Å². The van der Waals surface area contributed by atoms with Crippen molar-refractivity contribution in [2.45, 2.75) is 45.8 Å². The van der Waals surface area contributed by atoms with Crippen LogP contribution in [0.4, 0.5) is 0 Å². The van der Waals surface area contributed by atoms with Crippen molar-refractivity contribution >= 4 is 0 Å². The van der Waals surface area contributed by atoms with Gasteiger partial charge in [0, 0.05) is 18.1 Å². The third kappa shape index (κ3) is 1.37. The molecule has 0 heterocycles. The SMILES string of the molecule is CCOC1CC(NO)C1(C)CC. The third-order valence-corrected chi connectivity index (χ3v) is 3.27. The summed E-state index contributed by atoms with van der Waals surface area (Å²) in [6, 6.07) is 0.207. The molecule has 1 aliphatic rings. The quantitative estimate of drug-likeness (QED) is 0.634. The van der Waals surface area contributed by atoms with Crippen LogP contribution in [0.2, 0.25) is 0 Å². The molecule has 0 spiro atoms. The van der Waals surface area contributed by atoms with Crippen LogP contribution in [-0.4, -0.2) is 24.0 Å². The van der Waals surface area contributed by atoms with E-state index < -0.39 is 0 Å². The molecule has 72 valence electrons. The lowest BCUT2D eigenvalue weighted by Gasteiger charge is -2.52. The van der Waals surface area contributed by atoms with Gasteiger partial charge in [-0.15, -0.1) is 0 Å². The molecule has 3 heteroatoms. The lowest BCUT2D eigenvalue weighted by Crippen LogP contribution is -2.61. The van der Waals surface area contributed by atoms with Crippen LogP contribution in [0.25, 0.3) is 0 Å². The van der Waals surface area contributed by atoms with E-state index in [9.17, 15) is 0 Å². The molecule has 0 amide bonds. The molecule has 3 unspecified atom stereocenters. The first kappa shape index (κ1) is 9.96. The largest absolute Gasteiger partial charge is 0.378 e. The fourth-order valence-corrected chi connectivity index (χ4v) is 1.95. The highest BCUT2D eigenvalue weighted by molar-refractivity contribution is 5.03. The second-order valence-corrected chi connectivity index (χ2v) is 3.72. The molecule has 1 saturated carbocycles. The van der Waals surface area contributed by atoms with E-state index in [1.165, 1.54) is 0 Å². The first-order chi connectivity index (χ1) is 5.69. The lowest BCUT2D eigenvalue weighted by molar-refractivity contribution is -0.151. The van der Waals surface area contributed by atoms with Gasteiger partial charge >= 0.3 is 0 Å². The van der Waals surface area contributed by atoms with Crippen molar-refractivity contribution in [2.75, 3.05) is 6.61 Å². The van der Waals surface area contributed by atoms with Crippen molar-refractivity contribution in [2.24, 2.45) is 5.41 Å². The van der Waals surface area contributed by atoms with Gasteiger partial charge in [0.25, 0.3) is 0 Å². The molecular weight excluding hydrogens is 154 g/mol. The van der Waals surface area contributed by atoms with E-state index in [0.29, 0.717) is 6.10 Å². The van der Waals surface area contributed by atoms with Gasteiger partial charge in [-0.3, -0.25) is 0 Å². The summed E-state index contributed by atoms with van der Waals surface area (Å²) < 4.78 is 5.57. The van der Waals surface area contributed by atoms with Gasteiger partial charge in [0.1, 0.15) is 0 Å². The van der Waals surface area contributed by atoms with E-state index in [4.69, 9.17) is 9.94 Å². The predicted molar refractivity (Wildman–Crippen MR) is 47.1 cm³/mol. The first-order valence-corrected chi connectivity index (χ1v) is 4.70. The van der Waals surface area contributed by atoms with Gasteiger partial charge in [-0.1, -0.05) is 13.8 Å². The summed E-state index contributed by atoms with van der Waals surface area (Å²) in [4.78, 5) is 0. The number of hydrogen-bond donors (Lipinski definition) is 2. The summed E-state index contributed by atoms with van der Waals surface area (Å²) in [5.74, 6) is 0. The average molecular weight is 173 g/mol. The summed E-state index contributed by atoms with van der Waals surface area (Å²) in [7, 11) is 0. The molecule has 1 aliphatic carbocycles. The molecule has 0 saturated heterocycles. The highest BCUT2D eigenvalue weighted by atomic mass is 16.5. The second-order valence-electron chi connectivity index (χ2n) is 3.72. The topological polar surface area (TPSA) is 41.5 Å². The fraction of sp³-hybridized carbons (Fsp3) is 1.00. The van der Waals surface area contributed by atoms with E-state index in [1.54, 1.807) is 0 Å². The van der Waals surface area contributed by atoms with Crippen LogP contribution < -0.4 is 5.48 Å². The van der Waals surface area contributed by atoms with Gasteiger partial charge in [-0.2, -0.15) is 0 Å². The van der Waals surface area contributed by atoms with Crippen LogP contribution in [0.3, 0.4) is 0 Å². The number of nitrogens with one attached hydrogen (secondary N) is 1. The third-order valence-electron chi connectivity index (χ3n) is 3.27. The van der Waals surface area contributed by atoms with E-state index in [1.807, 2.05) is 6.92 Å². The van der Waals surface area contributed by atoms with Gasteiger partial charge in [0.15, 0.2) is 0 Å². The second kappa shape index (κ2) is 3.73. The molecule has 3 atom stereocenters. The minimum Gasteiger partial charge on any atom is -0.378 e. The summed E-state index contributed by atoms with van der Waals surface area (Å²) in [5, 5.41) is 8.83. The molecule has 3 nitrogen and oxygen atoms in total. The highest BCUT2D eigenvalue weighted by Crippen LogP contribution is 2.45. The molecule has 0 aromatic heterocycles. The minimum absolute atomic E-state index is 0.116.